The molecule has 0 saturated heterocycles. The van der Waals surface area contributed by atoms with Crippen molar-refractivity contribution < 1.29 is 14.4 Å². The lowest BCUT2D eigenvalue weighted by Gasteiger charge is -2.11. The second-order valence-electron chi connectivity index (χ2n) is 6.26. The number of amides is 1. The fraction of sp³-hybridized carbons (Fsp3) is 0.0476. The summed E-state index contributed by atoms with van der Waals surface area (Å²) in [5.41, 5.74) is 5.73. The van der Waals surface area contributed by atoms with E-state index in [0.717, 1.165) is 22.5 Å². The molecule has 1 amide bonds. The number of carbonyl (C=O) groups excluding carboxylic acids is 1. The second-order valence-corrected chi connectivity index (χ2v) is 6.26. The van der Waals surface area contributed by atoms with Gasteiger partial charge in [-0.15, -0.1) is 0 Å². The smallest absolute Gasteiger partial charge is 0.274 e. The molecule has 0 spiro atoms. The summed E-state index contributed by atoms with van der Waals surface area (Å²) in [7, 11) is 0. The molecule has 4 rings (SSSR count). The minimum atomic E-state index is -0.566. The Bertz CT molecular complexity index is 1140. The second kappa shape index (κ2) is 7.50. The first-order valence-corrected chi connectivity index (χ1v) is 8.64. The Morgan fingerprint density at radius 2 is 1.93 bits per heavy atom. The molecule has 6 nitrogen and oxygen atoms in total. The fourth-order valence-electron chi connectivity index (χ4n) is 3.08. The van der Waals surface area contributed by atoms with E-state index in [0.29, 0.717) is 17.7 Å². The van der Waals surface area contributed by atoms with Gasteiger partial charge in [0, 0.05) is 53.1 Å². The lowest BCUT2D eigenvalue weighted by atomic mass is 10.0. The van der Waals surface area contributed by atoms with Gasteiger partial charge in [-0.05, 0) is 36.4 Å². The molecule has 0 aliphatic carbocycles. The van der Waals surface area contributed by atoms with Crippen LogP contribution < -0.4 is 10.8 Å². The van der Waals surface area contributed by atoms with Gasteiger partial charge in [0.15, 0.2) is 0 Å². The molecule has 0 atom stereocenters. The maximum atomic E-state index is 14.2. The molecule has 0 unspecified atom stereocenters. The van der Waals surface area contributed by atoms with Gasteiger partial charge in [0.25, 0.3) is 5.91 Å². The number of rotatable bonds is 5. The largest absolute Gasteiger partial charge is 0.381 e. The molecule has 7 heteroatoms. The molecule has 2 aromatic heterocycles. The van der Waals surface area contributed by atoms with E-state index in [9.17, 15) is 9.18 Å². The molecule has 0 saturated carbocycles. The number of nitrogens with zero attached hydrogens (tertiary/aromatic N) is 2. The number of aromatic nitrogens is 2. The number of anilines is 1. The van der Waals surface area contributed by atoms with Gasteiger partial charge in [0.2, 0.25) is 0 Å². The summed E-state index contributed by atoms with van der Waals surface area (Å²) in [6.45, 7) is 0.467. The number of hydrogen-bond acceptors (Lipinski definition) is 4. The van der Waals surface area contributed by atoms with E-state index in [-0.39, 0.29) is 5.82 Å². The third-order valence-corrected chi connectivity index (χ3v) is 4.48. The first-order valence-electron chi connectivity index (χ1n) is 8.64. The van der Waals surface area contributed by atoms with Gasteiger partial charge in [-0.2, -0.15) is 0 Å². The number of fused-ring (bicyclic) bond motifs is 1. The molecule has 0 fully saturated rings. The van der Waals surface area contributed by atoms with E-state index in [2.05, 4.69) is 10.3 Å². The van der Waals surface area contributed by atoms with E-state index in [1.165, 1.54) is 6.07 Å². The third kappa shape index (κ3) is 3.43. The molecule has 3 N–H and O–H groups in total. The Morgan fingerprint density at radius 1 is 1.14 bits per heavy atom. The summed E-state index contributed by atoms with van der Waals surface area (Å²) in [5, 5.41) is 12.0. The zero-order valence-electron chi connectivity index (χ0n) is 14.8. The normalized spacial score (nSPS) is 10.8. The van der Waals surface area contributed by atoms with Crippen LogP contribution in [0, 0.1) is 5.82 Å². The van der Waals surface area contributed by atoms with Crippen LogP contribution in [0.1, 0.15) is 15.9 Å². The maximum Gasteiger partial charge on any atom is 0.274 e. The van der Waals surface area contributed by atoms with Gasteiger partial charge < -0.3 is 9.72 Å². The van der Waals surface area contributed by atoms with Gasteiger partial charge >= 0.3 is 0 Å². The van der Waals surface area contributed by atoms with Crippen LogP contribution in [0.25, 0.3) is 16.8 Å². The Labute approximate surface area is 160 Å². The number of imidazole rings is 1. The molecular weight excluding hydrogens is 359 g/mol. The van der Waals surface area contributed by atoms with Crippen LogP contribution in [0.15, 0.2) is 73.2 Å². The van der Waals surface area contributed by atoms with Crippen LogP contribution in [0.3, 0.4) is 0 Å². The number of hydrogen-bond donors (Lipinski definition) is 3. The first kappa shape index (κ1) is 17.7. The highest BCUT2D eigenvalue weighted by Crippen LogP contribution is 2.25. The summed E-state index contributed by atoms with van der Waals surface area (Å²) in [5.74, 6) is -0.846. The van der Waals surface area contributed by atoms with Gasteiger partial charge in [-0.3, -0.25) is 10.0 Å². The van der Waals surface area contributed by atoms with Crippen LogP contribution in [0.4, 0.5) is 10.1 Å². The van der Waals surface area contributed by atoms with Crippen LogP contribution >= 0.6 is 0 Å². The lowest BCUT2D eigenvalue weighted by molar-refractivity contribution is 0.0706. The molecule has 4 aromatic rings. The van der Waals surface area contributed by atoms with E-state index >= 15 is 0 Å². The van der Waals surface area contributed by atoms with E-state index in [4.69, 9.17) is 5.21 Å². The number of benzene rings is 2. The van der Waals surface area contributed by atoms with E-state index in [1.807, 2.05) is 22.9 Å². The van der Waals surface area contributed by atoms with Gasteiger partial charge in [-0.25, -0.2) is 14.9 Å². The standard InChI is InChI=1S/C21H17FN4O2/c22-19-4-2-1-3-18(19)16-11-15(20-23-9-10-26(20)13-16)12-24-17-7-5-14(6-8-17)21(27)25-28/h1-11,13,24,28H,12H2,(H,25,27). The van der Waals surface area contributed by atoms with E-state index in [1.54, 1.807) is 54.1 Å². The predicted octanol–water partition coefficient (Wildman–Crippen LogP) is 3.87. The molecule has 2 heterocycles. The van der Waals surface area contributed by atoms with E-state index < -0.39 is 5.91 Å². The molecule has 0 aliphatic heterocycles. The number of pyridine rings is 1. The Balaban J connectivity index is 1.62. The van der Waals surface area contributed by atoms with Gasteiger partial charge in [0.1, 0.15) is 11.5 Å². The number of carbonyl (C=O) groups is 1. The average Bonchev–Trinajstić information content (AvgIpc) is 3.21. The van der Waals surface area contributed by atoms with Crippen LogP contribution in [-0.2, 0) is 6.54 Å². The van der Waals surface area contributed by atoms with Crippen molar-refractivity contribution in [2.75, 3.05) is 5.32 Å². The molecule has 2 aromatic carbocycles. The van der Waals surface area contributed by atoms with Crippen molar-refractivity contribution in [3.63, 3.8) is 0 Å². The number of nitrogens with one attached hydrogen (secondary N) is 2. The Morgan fingerprint density at radius 3 is 2.68 bits per heavy atom. The lowest BCUT2D eigenvalue weighted by Crippen LogP contribution is -2.18. The molecule has 0 bridgehead atoms. The molecule has 28 heavy (non-hydrogen) atoms. The van der Waals surface area contributed by atoms with Crippen molar-refractivity contribution in [3.8, 4) is 11.1 Å². The summed E-state index contributed by atoms with van der Waals surface area (Å²) in [6.07, 6.45) is 5.38. The monoisotopic (exact) mass is 376 g/mol. The third-order valence-electron chi connectivity index (χ3n) is 4.48. The first-order chi connectivity index (χ1) is 13.7. The molecule has 140 valence electrons. The van der Waals surface area contributed by atoms with Crippen molar-refractivity contribution in [1.29, 1.82) is 0 Å². The highest BCUT2D eigenvalue weighted by molar-refractivity contribution is 5.93. The summed E-state index contributed by atoms with van der Waals surface area (Å²) < 4.78 is 16.1. The maximum absolute atomic E-state index is 14.2. The van der Waals surface area contributed by atoms with Crippen molar-refractivity contribution in [2.45, 2.75) is 6.54 Å². The van der Waals surface area contributed by atoms with Gasteiger partial charge in [0.05, 0.1) is 0 Å². The quantitative estimate of drug-likeness (QED) is 0.365. The predicted molar refractivity (Wildman–Crippen MR) is 104 cm³/mol. The summed E-state index contributed by atoms with van der Waals surface area (Å²) in [6, 6.07) is 15.3. The highest BCUT2D eigenvalue weighted by atomic mass is 19.1. The molecular formula is C21H17FN4O2. The minimum Gasteiger partial charge on any atom is -0.381 e. The van der Waals surface area contributed by atoms with Crippen molar-refractivity contribution in [1.82, 2.24) is 14.9 Å². The van der Waals surface area contributed by atoms with Crippen LogP contribution in [0.2, 0.25) is 0 Å². The Hall–Kier alpha value is -3.71. The number of hydroxylamine groups is 1. The zero-order valence-corrected chi connectivity index (χ0v) is 14.8. The average molecular weight is 376 g/mol. The zero-order chi connectivity index (χ0) is 19.5. The summed E-state index contributed by atoms with van der Waals surface area (Å²) >= 11 is 0. The van der Waals surface area contributed by atoms with Gasteiger partial charge in [-0.1, -0.05) is 18.2 Å². The SMILES string of the molecule is O=C(NO)c1ccc(NCc2cc(-c3ccccc3F)cn3ccnc23)cc1. The number of halogens is 1. The fourth-order valence-corrected chi connectivity index (χ4v) is 3.08. The van der Waals surface area contributed by atoms with Crippen molar-refractivity contribution in [3.05, 3.63) is 90.1 Å². The van der Waals surface area contributed by atoms with Crippen molar-refractivity contribution >= 4 is 17.2 Å². The topological polar surface area (TPSA) is 78.7 Å². The summed E-state index contributed by atoms with van der Waals surface area (Å²) in [4.78, 5) is 15.8. The molecule has 0 radical (unpaired) electrons. The molecule has 0 aliphatic rings. The Kier molecular flexibility index (Phi) is 4.74. The highest BCUT2D eigenvalue weighted by Gasteiger charge is 2.10. The van der Waals surface area contributed by atoms with Crippen molar-refractivity contribution in [2.24, 2.45) is 0 Å². The van der Waals surface area contributed by atoms with Crippen LogP contribution in [0.5, 0.6) is 0 Å². The minimum absolute atomic E-state index is 0.279. The van der Waals surface area contributed by atoms with Crippen LogP contribution in [-0.4, -0.2) is 20.5 Å².